The Morgan fingerprint density at radius 3 is 2.28 bits per heavy atom. The van der Waals surface area contributed by atoms with Crippen molar-refractivity contribution in [1.29, 1.82) is 0 Å². The third kappa shape index (κ3) is 8.12. The van der Waals surface area contributed by atoms with Crippen molar-refractivity contribution in [2.75, 3.05) is 11.4 Å². The van der Waals surface area contributed by atoms with E-state index in [2.05, 4.69) is 5.10 Å². The van der Waals surface area contributed by atoms with Gasteiger partial charge in [0.05, 0.1) is 30.0 Å². The van der Waals surface area contributed by atoms with Crippen molar-refractivity contribution >= 4 is 17.6 Å². The zero-order chi connectivity index (χ0) is 28.0. The van der Waals surface area contributed by atoms with Gasteiger partial charge in [0.25, 0.3) is 5.91 Å². The van der Waals surface area contributed by atoms with Crippen molar-refractivity contribution in [2.24, 2.45) is 0 Å². The van der Waals surface area contributed by atoms with E-state index in [0.717, 1.165) is 0 Å². The second-order valence-corrected chi connectivity index (χ2v) is 9.47. The number of carbonyl (C=O) groups is 2. The van der Waals surface area contributed by atoms with Crippen LogP contribution in [0.5, 0.6) is 5.75 Å². The summed E-state index contributed by atoms with van der Waals surface area (Å²) in [7, 11) is 0. The van der Waals surface area contributed by atoms with E-state index in [1.165, 1.54) is 35.2 Å². The largest absolute Gasteiger partial charge is 1.00 e. The number of nitrogens with zero attached hydrogens (tertiary/aromatic N) is 3. The molecule has 0 bridgehead atoms. The van der Waals surface area contributed by atoms with Crippen molar-refractivity contribution in [1.82, 2.24) is 9.78 Å². The molecular weight excluding hydrogens is 516 g/mol. The number of carboxylic acid groups (broad SMARTS) is 1. The summed E-state index contributed by atoms with van der Waals surface area (Å²) in [6.45, 7) is 5.88. The number of aliphatic hydroxyl groups excluding tert-OH is 2. The number of benzene rings is 2. The van der Waals surface area contributed by atoms with Crippen LogP contribution in [0.15, 0.2) is 48.5 Å². The van der Waals surface area contributed by atoms with E-state index in [1.807, 2.05) is 13.8 Å². The Bertz CT molecular complexity index is 1270. The predicted molar refractivity (Wildman–Crippen MR) is 141 cm³/mol. The number of halogens is 1. The molecular formula is C28H35FN3NaO6. The van der Waals surface area contributed by atoms with Crippen LogP contribution in [0.25, 0.3) is 5.69 Å². The van der Waals surface area contributed by atoms with Crippen molar-refractivity contribution in [3.63, 3.8) is 0 Å². The molecule has 39 heavy (non-hydrogen) atoms. The van der Waals surface area contributed by atoms with Crippen LogP contribution < -0.4 is 34.5 Å². The number of carbonyl (C=O) groups excluding carboxylic acids is 1. The van der Waals surface area contributed by atoms with E-state index in [1.54, 1.807) is 29.8 Å². The zero-order valence-electron chi connectivity index (χ0n) is 23.7. The molecule has 2 atom stereocenters. The van der Waals surface area contributed by atoms with Crippen LogP contribution in [0.1, 0.15) is 69.1 Å². The van der Waals surface area contributed by atoms with Gasteiger partial charge in [0.2, 0.25) is 0 Å². The molecule has 4 N–H and O–H groups in total. The molecule has 0 saturated heterocycles. The number of hydrogen-bond acceptors (Lipinski definition) is 6. The number of aromatic nitrogens is 2. The minimum absolute atomic E-state index is 0. The molecule has 1 aromatic heterocycles. The minimum atomic E-state index is -1.19. The van der Waals surface area contributed by atoms with Gasteiger partial charge in [-0.15, -0.1) is 0 Å². The van der Waals surface area contributed by atoms with Crippen LogP contribution in [-0.2, 0) is 11.2 Å². The topological polar surface area (TPSA) is 136 Å². The molecule has 0 unspecified atom stereocenters. The van der Waals surface area contributed by atoms with Crippen molar-refractivity contribution < 1.29 is 65.4 Å². The molecule has 9 nitrogen and oxygen atoms in total. The standard InChI is InChI=1S/C28H34FN3O6.Na.H/c1-4-31(22-7-5-6-8-24(22)35)28(38)27-26(17(2)3)23(14-13-20(33)15-21(34)16-25(36)37)32(30-27)19-11-9-18(29)10-12-19;;/h5-12,17,20-21,33-35H,4,13-16H2,1-3H3,(H,36,37);;/q;+1;-1/t20-,21-;;/m1../s1. The van der Waals surface area contributed by atoms with Gasteiger partial charge in [0, 0.05) is 17.8 Å². The van der Waals surface area contributed by atoms with Gasteiger partial charge in [0.15, 0.2) is 5.69 Å². The molecule has 1 heterocycles. The number of amides is 1. The first-order valence-corrected chi connectivity index (χ1v) is 12.6. The quantitative estimate of drug-likeness (QED) is 0.248. The van der Waals surface area contributed by atoms with Gasteiger partial charge in [-0.2, -0.15) is 5.10 Å². The van der Waals surface area contributed by atoms with Crippen LogP contribution in [-0.4, -0.2) is 60.8 Å². The molecule has 0 aliphatic carbocycles. The van der Waals surface area contributed by atoms with E-state index in [9.17, 15) is 29.3 Å². The Labute approximate surface area is 250 Å². The first-order chi connectivity index (χ1) is 18.0. The number of phenols is 1. The number of phenolic OH excluding ortho intramolecular Hbond substituents is 1. The maximum Gasteiger partial charge on any atom is 1.00 e. The molecule has 0 aliphatic rings. The molecule has 0 saturated carbocycles. The Morgan fingerprint density at radius 1 is 1.08 bits per heavy atom. The summed E-state index contributed by atoms with van der Waals surface area (Å²) in [5, 5.41) is 44.3. The monoisotopic (exact) mass is 551 g/mol. The summed E-state index contributed by atoms with van der Waals surface area (Å²) in [6.07, 6.45) is -2.34. The van der Waals surface area contributed by atoms with E-state index in [-0.39, 0.29) is 74.2 Å². The molecule has 0 spiro atoms. The number of rotatable bonds is 12. The molecule has 206 valence electrons. The summed E-state index contributed by atoms with van der Waals surface area (Å²) >= 11 is 0. The molecule has 1 amide bonds. The SMILES string of the molecule is CCN(C(=O)c1nn(-c2ccc(F)cc2)c(CC[C@@H](O)C[C@@H](O)CC(=O)O)c1C(C)C)c1ccccc1O.[H-].[Na+]. The predicted octanol–water partition coefficient (Wildman–Crippen LogP) is 1.14. The Hall–Kier alpha value is -2.76. The fourth-order valence-electron chi connectivity index (χ4n) is 4.53. The number of carboxylic acids is 1. The molecule has 2 aromatic carbocycles. The van der Waals surface area contributed by atoms with Gasteiger partial charge in [-0.25, -0.2) is 9.07 Å². The summed E-state index contributed by atoms with van der Waals surface area (Å²) in [6, 6.07) is 12.2. The number of aliphatic carboxylic acids is 1. The molecule has 11 heteroatoms. The normalized spacial score (nSPS) is 12.6. The van der Waals surface area contributed by atoms with Crippen LogP contribution in [0.2, 0.25) is 0 Å². The molecule has 0 radical (unpaired) electrons. The average Bonchev–Trinajstić information content (AvgIpc) is 3.24. The van der Waals surface area contributed by atoms with Crippen molar-refractivity contribution in [3.8, 4) is 11.4 Å². The van der Waals surface area contributed by atoms with Gasteiger partial charge >= 0.3 is 35.5 Å². The summed E-state index contributed by atoms with van der Waals surface area (Å²) in [5.41, 5.74) is 2.31. The van der Waals surface area contributed by atoms with Crippen LogP contribution in [0, 0.1) is 5.82 Å². The van der Waals surface area contributed by atoms with Gasteiger partial charge in [-0.05, 0) is 68.5 Å². The smallest absolute Gasteiger partial charge is 1.00 e. The maximum atomic E-state index is 13.8. The minimum Gasteiger partial charge on any atom is -1.00 e. The fourth-order valence-corrected chi connectivity index (χ4v) is 4.53. The number of anilines is 1. The Kier molecular flexibility index (Phi) is 12.1. The first-order valence-electron chi connectivity index (χ1n) is 12.6. The van der Waals surface area contributed by atoms with Gasteiger partial charge < -0.3 is 26.8 Å². The van der Waals surface area contributed by atoms with Gasteiger partial charge in [-0.1, -0.05) is 26.0 Å². The third-order valence-electron chi connectivity index (χ3n) is 6.28. The van der Waals surface area contributed by atoms with Gasteiger partial charge in [0.1, 0.15) is 11.6 Å². The average molecular weight is 552 g/mol. The van der Waals surface area contributed by atoms with Crippen LogP contribution in [0.4, 0.5) is 10.1 Å². The molecule has 0 fully saturated rings. The van der Waals surface area contributed by atoms with Crippen LogP contribution in [0.3, 0.4) is 0 Å². The van der Waals surface area contributed by atoms with E-state index in [4.69, 9.17) is 5.11 Å². The number of aromatic hydroxyl groups is 1. The maximum absolute atomic E-state index is 13.8. The summed E-state index contributed by atoms with van der Waals surface area (Å²) in [5.74, 6) is -2.21. The van der Waals surface area contributed by atoms with Crippen molar-refractivity contribution in [2.45, 2.75) is 64.6 Å². The summed E-state index contributed by atoms with van der Waals surface area (Å²) < 4.78 is 15.2. The Morgan fingerprint density at radius 2 is 1.72 bits per heavy atom. The second kappa shape index (κ2) is 14.6. The van der Waals surface area contributed by atoms with Crippen molar-refractivity contribution in [3.05, 3.63) is 71.3 Å². The van der Waals surface area contributed by atoms with Gasteiger partial charge in [-0.3, -0.25) is 9.59 Å². The van der Waals surface area contributed by atoms with E-state index < -0.39 is 36.3 Å². The Balaban J connectivity index is 0.00000400. The first kappa shape index (κ1) is 32.5. The molecule has 0 aliphatic heterocycles. The summed E-state index contributed by atoms with van der Waals surface area (Å²) in [4.78, 5) is 26.1. The van der Waals surface area contributed by atoms with E-state index in [0.29, 0.717) is 22.6 Å². The number of aliphatic hydroxyl groups is 2. The van der Waals surface area contributed by atoms with E-state index >= 15 is 0 Å². The number of para-hydroxylation sites is 2. The van der Waals surface area contributed by atoms with Crippen LogP contribution >= 0.6 is 0 Å². The number of hydrogen-bond donors (Lipinski definition) is 4. The second-order valence-electron chi connectivity index (χ2n) is 9.47. The molecule has 3 aromatic rings. The molecule has 3 rings (SSSR count). The third-order valence-corrected chi connectivity index (χ3v) is 6.28. The fraction of sp³-hybridized carbons (Fsp3) is 0.393. The zero-order valence-corrected chi connectivity index (χ0v) is 24.7.